The van der Waals surface area contributed by atoms with Crippen LogP contribution in [0.25, 0.3) is 11.1 Å². The zero-order chi connectivity index (χ0) is 24.2. The first-order chi connectivity index (χ1) is 17.1. The summed E-state index contributed by atoms with van der Waals surface area (Å²) in [6, 6.07) is 19.8. The number of carbonyl (C=O) groups excluding carboxylic acids is 1. The van der Waals surface area contributed by atoms with Gasteiger partial charge in [-0.15, -0.1) is 11.3 Å². The van der Waals surface area contributed by atoms with Gasteiger partial charge in [0.2, 0.25) is 0 Å². The highest BCUT2D eigenvalue weighted by Crippen LogP contribution is 2.34. The standard InChI is InChI=1S/C30H36N2O2S/c1-21-5-3-4-6-28(21)23-15-17-32(18-16-23)26-11-9-25(10-12-26)31-30(33)29-19-24(20-35-29)22-7-13-27(34-2)14-8-22/h3-8,13-14,19-20,23,25-26H,9-12,15-18H2,1-2H3,(H,31,33). The minimum Gasteiger partial charge on any atom is -0.497 e. The first-order valence-electron chi connectivity index (χ1n) is 12.9. The third kappa shape index (κ3) is 5.62. The van der Waals surface area contributed by atoms with Gasteiger partial charge in [0.25, 0.3) is 5.91 Å². The van der Waals surface area contributed by atoms with Gasteiger partial charge in [0, 0.05) is 12.1 Å². The van der Waals surface area contributed by atoms with Crippen molar-refractivity contribution in [3.05, 3.63) is 76.0 Å². The van der Waals surface area contributed by atoms with Crippen molar-refractivity contribution >= 4 is 17.2 Å². The number of rotatable bonds is 6. The number of ether oxygens (including phenoxy) is 1. The molecule has 0 unspecified atom stereocenters. The fraction of sp³-hybridized carbons (Fsp3) is 0.433. The van der Waals surface area contributed by atoms with E-state index in [4.69, 9.17) is 4.74 Å². The lowest BCUT2D eigenvalue weighted by Gasteiger charge is -2.41. The first-order valence-corrected chi connectivity index (χ1v) is 13.8. The van der Waals surface area contributed by atoms with E-state index in [1.807, 2.05) is 30.3 Å². The number of benzene rings is 2. The monoisotopic (exact) mass is 488 g/mol. The summed E-state index contributed by atoms with van der Waals surface area (Å²) in [5.41, 5.74) is 5.17. The fourth-order valence-corrected chi connectivity index (χ4v) is 6.67. The number of aryl methyl sites for hydroxylation is 1. The first kappa shape index (κ1) is 24.1. The van der Waals surface area contributed by atoms with Crippen molar-refractivity contribution in [2.45, 2.75) is 63.5 Å². The molecule has 184 valence electrons. The molecule has 5 heteroatoms. The normalized spacial score (nSPS) is 21.5. The summed E-state index contributed by atoms with van der Waals surface area (Å²) in [6.07, 6.45) is 7.03. The second-order valence-corrected chi connectivity index (χ2v) is 11.0. The average molecular weight is 489 g/mol. The predicted octanol–water partition coefficient (Wildman–Crippen LogP) is 6.65. The summed E-state index contributed by atoms with van der Waals surface area (Å²) in [7, 11) is 1.67. The molecule has 1 aromatic heterocycles. The van der Waals surface area contributed by atoms with Gasteiger partial charge >= 0.3 is 0 Å². The van der Waals surface area contributed by atoms with Crippen molar-refractivity contribution < 1.29 is 9.53 Å². The largest absolute Gasteiger partial charge is 0.497 e. The van der Waals surface area contributed by atoms with Gasteiger partial charge < -0.3 is 15.0 Å². The molecule has 35 heavy (non-hydrogen) atoms. The van der Waals surface area contributed by atoms with E-state index in [1.165, 1.54) is 55.7 Å². The summed E-state index contributed by atoms with van der Waals surface area (Å²) >= 11 is 1.52. The van der Waals surface area contributed by atoms with E-state index in [9.17, 15) is 4.79 Å². The number of likely N-dealkylation sites (tertiary alicyclic amines) is 1. The van der Waals surface area contributed by atoms with Gasteiger partial charge in [-0.25, -0.2) is 0 Å². The Morgan fingerprint density at radius 2 is 1.66 bits per heavy atom. The van der Waals surface area contributed by atoms with Crippen molar-refractivity contribution in [3.8, 4) is 16.9 Å². The molecule has 2 aromatic carbocycles. The second kappa shape index (κ2) is 11.0. The molecule has 0 radical (unpaired) electrons. The van der Waals surface area contributed by atoms with Crippen molar-refractivity contribution in [2.24, 2.45) is 0 Å². The van der Waals surface area contributed by atoms with Gasteiger partial charge in [0.1, 0.15) is 5.75 Å². The summed E-state index contributed by atoms with van der Waals surface area (Å²) in [6.45, 7) is 4.64. The van der Waals surface area contributed by atoms with E-state index < -0.39 is 0 Å². The van der Waals surface area contributed by atoms with Gasteiger partial charge in [-0.2, -0.15) is 0 Å². The highest BCUT2D eigenvalue weighted by atomic mass is 32.1. The molecule has 2 fully saturated rings. The van der Waals surface area contributed by atoms with Crippen LogP contribution in [0.15, 0.2) is 60.0 Å². The molecule has 4 nitrogen and oxygen atoms in total. The minimum atomic E-state index is 0.0669. The lowest BCUT2D eigenvalue weighted by Crippen LogP contribution is -2.46. The molecule has 2 aliphatic rings. The third-order valence-electron chi connectivity index (χ3n) is 7.95. The van der Waals surface area contributed by atoms with Gasteiger partial charge in [-0.05, 0) is 110 Å². The van der Waals surface area contributed by atoms with E-state index in [0.29, 0.717) is 12.0 Å². The fourth-order valence-electron chi connectivity index (χ4n) is 5.85. The molecule has 1 saturated carbocycles. The Bertz CT molecular complexity index is 1120. The molecular formula is C30H36N2O2S. The molecule has 1 aliphatic heterocycles. The molecule has 1 N–H and O–H groups in total. The number of hydrogen-bond acceptors (Lipinski definition) is 4. The van der Waals surface area contributed by atoms with Crippen LogP contribution in [-0.4, -0.2) is 43.1 Å². The zero-order valence-electron chi connectivity index (χ0n) is 20.8. The Balaban J connectivity index is 1.09. The molecule has 1 amide bonds. The number of hydrogen-bond donors (Lipinski definition) is 1. The van der Waals surface area contributed by atoms with Gasteiger partial charge in [0.05, 0.1) is 12.0 Å². The number of carbonyl (C=O) groups is 1. The molecule has 1 aliphatic carbocycles. The van der Waals surface area contributed by atoms with Crippen LogP contribution in [0.5, 0.6) is 5.75 Å². The Kier molecular flexibility index (Phi) is 7.54. The second-order valence-electron chi connectivity index (χ2n) is 10.1. The summed E-state index contributed by atoms with van der Waals surface area (Å²) in [5, 5.41) is 5.37. The number of thiophene rings is 1. The molecule has 0 atom stereocenters. The van der Waals surface area contributed by atoms with Crippen molar-refractivity contribution in [2.75, 3.05) is 20.2 Å². The highest BCUT2D eigenvalue weighted by Gasteiger charge is 2.30. The number of nitrogens with zero attached hydrogens (tertiary/aromatic N) is 1. The summed E-state index contributed by atoms with van der Waals surface area (Å²) < 4.78 is 5.24. The molecule has 0 bridgehead atoms. The minimum absolute atomic E-state index is 0.0669. The summed E-state index contributed by atoms with van der Waals surface area (Å²) in [4.78, 5) is 16.4. The van der Waals surface area contributed by atoms with E-state index >= 15 is 0 Å². The van der Waals surface area contributed by atoms with Crippen molar-refractivity contribution in [3.63, 3.8) is 0 Å². The Morgan fingerprint density at radius 1 is 0.943 bits per heavy atom. The lowest BCUT2D eigenvalue weighted by atomic mass is 9.84. The molecule has 3 aromatic rings. The smallest absolute Gasteiger partial charge is 0.261 e. The topological polar surface area (TPSA) is 41.6 Å². The molecular weight excluding hydrogens is 452 g/mol. The van der Waals surface area contributed by atoms with E-state index in [-0.39, 0.29) is 11.9 Å². The maximum absolute atomic E-state index is 12.9. The maximum atomic E-state index is 12.9. The molecule has 5 rings (SSSR count). The van der Waals surface area contributed by atoms with Crippen molar-refractivity contribution in [1.29, 1.82) is 0 Å². The molecule has 0 spiro atoms. The highest BCUT2D eigenvalue weighted by molar-refractivity contribution is 7.12. The number of amides is 1. The van der Waals surface area contributed by atoms with Crippen LogP contribution < -0.4 is 10.1 Å². The molecule has 2 heterocycles. The Labute approximate surface area is 213 Å². The van der Waals surface area contributed by atoms with Crippen LogP contribution in [0.3, 0.4) is 0 Å². The van der Waals surface area contributed by atoms with Crippen molar-refractivity contribution in [1.82, 2.24) is 10.2 Å². The van der Waals surface area contributed by atoms with Crippen LogP contribution in [0.2, 0.25) is 0 Å². The third-order valence-corrected chi connectivity index (χ3v) is 8.88. The number of methoxy groups -OCH3 is 1. The lowest BCUT2D eigenvalue weighted by molar-refractivity contribution is 0.0882. The van der Waals surface area contributed by atoms with Crippen LogP contribution >= 0.6 is 11.3 Å². The van der Waals surface area contributed by atoms with Crippen LogP contribution in [0.1, 0.15) is 65.2 Å². The molecule has 1 saturated heterocycles. The van der Waals surface area contributed by atoms with Gasteiger partial charge in [0.15, 0.2) is 0 Å². The number of nitrogens with one attached hydrogen (secondary N) is 1. The predicted molar refractivity (Wildman–Crippen MR) is 145 cm³/mol. The maximum Gasteiger partial charge on any atom is 0.261 e. The van der Waals surface area contributed by atoms with E-state index in [1.54, 1.807) is 12.7 Å². The van der Waals surface area contributed by atoms with Gasteiger partial charge in [-0.1, -0.05) is 36.4 Å². The van der Waals surface area contributed by atoms with Crippen LogP contribution in [0, 0.1) is 6.92 Å². The Hall–Kier alpha value is -2.63. The Morgan fingerprint density at radius 3 is 2.34 bits per heavy atom. The van der Waals surface area contributed by atoms with Crippen LogP contribution in [-0.2, 0) is 0 Å². The van der Waals surface area contributed by atoms with E-state index in [2.05, 4.69) is 46.8 Å². The van der Waals surface area contributed by atoms with E-state index in [0.717, 1.165) is 34.6 Å². The number of piperidine rings is 1. The average Bonchev–Trinajstić information content (AvgIpc) is 3.40. The summed E-state index contributed by atoms with van der Waals surface area (Å²) in [5.74, 6) is 1.61. The van der Waals surface area contributed by atoms with Gasteiger partial charge in [-0.3, -0.25) is 4.79 Å². The zero-order valence-corrected chi connectivity index (χ0v) is 21.7. The van der Waals surface area contributed by atoms with Crippen LogP contribution in [0.4, 0.5) is 0 Å². The quantitative estimate of drug-likeness (QED) is 0.422. The SMILES string of the molecule is COc1ccc(-c2csc(C(=O)NC3CCC(N4CCC(c5ccccc5C)CC4)CC3)c2)cc1.